The van der Waals surface area contributed by atoms with Gasteiger partial charge in [0.2, 0.25) is 0 Å². The quantitative estimate of drug-likeness (QED) is 0.757. The molecular formula is C22H22O2. The van der Waals surface area contributed by atoms with E-state index in [0.29, 0.717) is 0 Å². The molecule has 0 amide bonds. The molecule has 0 aliphatic heterocycles. The molecular weight excluding hydrogens is 296 g/mol. The summed E-state index contributed by atoms with van der Waals surface area (Å²) < 4.78 is 0. The Morgan fingerprint density at radius 2 is 1.50 bits per heavy atom. The van der Waals surface area contributed by atoms with Crippen molar-refractivity contribution in [3.63, 3.8) is 0 Å². The second kappa shape index (κ2) is 5.70. The summed E-state index contributed by atoms with van der Waals surface area (Å²) in [5.41, 5.74) is 5.38. The Bertz CT molecular complexity index is 812. The monoisotopic (exact) mass is 318 g/mol. The van der Waals surface area contributed by atoms with Crippen molar-refractivity contribution in [1.82, 2.24) is 0 Å². The predicted molar refractivity (Wildman–Crippen MR) is 94.9 cm³/mol. The standard InChI is InChI=1S/C22H22O2/c1-13-4-3-5-15(10-13)16-7-6-14(2)19(12-16)20-21(23)17-8-9-18(11-17)22(20)24/h3-7,10,12,17-18,20H,8-9,11H2,1-2H3. The Morgan fingerprint density at radius 1 is 0.833 bits per heavy atom. The molecule has 0 N–H and O–H groups in total. The third-order valence-electron chi connectivity index (χ3n) is 5.75. The predicted octanol–water partition coefficient (Wildman–Crippen LogP) is 4.62. The number of aryl methyl sites for hydroxylation is 2. The van der Waals surface area contributed by atoms with Crippen LogP contribution < -0.4 is 0 Å². The van der Waals surface area contributed by atoms with E-state index in [-0.39, 0.29) is 23.4 Å². The maximum absolute atomic E-state index is 12.8. The highest BCUT2D eigenvalue weighted by Crippen LogP contribution is 2.44. The molecule has 2 aromatic carbocycles. The second-order valence-electron chi connectivity index (χ2n) is 7.39. The Morgan fingerprint density at radius 3 is 2.17 bits per heavy atom. The van der Waals surface area contributed by atoms with Crippen LogP contribution in [0.25, 0.3) is 11.1 Å². The molecule has 0 spiro atoms. The van der Waals surface area contributed by atoms with E-state index in [9.17, 15) is 9.59 Å². The van der Waals surface area contributed by atoms with Gasteiger partial charge in [-0.05, 0) is 61.4 Å². The third kappa shape index (κ3) is 2.41. The van der Waals surface area contributed by atoms with Gasteiger partial charge in [0.05, 0.1) is 0 Å². The van der Waals surface area contributed by atoms with Crippen LogP contribution in [0.3, 0.4) is 0 Å². The Kier molecular flexibility index (Phi) is 3.64. The molecule has 2 bridgehead atoms. The van der Waals surface area contributed by atoms with Crippen molar-refractivity contribution < 1.29 is 9.59 Å². The highest BCUT2D eigenvalue weighted by molar-refractivity contribution is 6.12. The fourth-order valence-corrected chi connectivity index (χ4v) is 4.37. The first-order valence-corrected chi connectivity index (χ1v) is 8.79. The summed E-state index contributed by atoms with van der Waals surface area (Å²) >= 11 is 0. The van der Waals surface area contributed by atoms with Gasteiger partial charge in [-0.1, -0.05) is 42.0 Å². The number of fused-ring (bicyclic) bond motifs is 2. The number of hydrogen-bond acceptors (Lipinski definition) is 2. The van der Waals surface area contributed by atoms with Crippen LogP contribution in [-0.4, -0.2) is 11.6 Å². The lowest BCUT2D eigenvalue weighted by Crippen LogP contribution is -2.35. The Labute approximate surface area is 142 Å². The average Bonchev–Trinajstić information content (AvgIpc) is 3.02. The van der Waals surface area contributed by atoms with E-state index in [1.807, 2.05) is 19.1 Å². The van der Waals surface area contributed by atoms with E-state index < -0.39 is 5.92 Å². The van der Waals surface area contributed by atoms with Gasteiger partial charge in [0.25, 0.3) is 0 Å². The first-order chi connectivity index (χ1) is 11.5. The van der Waals surface area contributed by atoms with Gasteiger partial charge in [-0.25, -0.2) is 0 Å². The molecule has 2 saturated carbocycles. The number of rotatable bonds is 2. The summed E-state index contributed by atoms with van der Waals surface area (Å²) in [5.74, 6) is -0.0445. The van der Waals surface area contributed by atoms with Crippen molar-refractivity contribution in [1.29, 1.82) is 0 Å². The van der Waals surface area contributed by atoms with Crippen molar-refractivity contribution in [2.45, 2.75) is 39.0 Å². The summed E-state index contributed by atoms with van der Waals surface area (Å²) in [7, 11) is 0. The molecule has 0 radical (unpaired) electrons. The second-order valence-corrected chi connectivity index (χ2v) is 7.39. The number of carbonyl (C=O) groups excluding carboxylic acids is 2. The SMILES string of the molecule is Cc1cccc(-c2ccc(C)c(C3C(=O)C4CCC(C4)C3=O)c2)c1. The molecule has 0 saturated heterocycles. The van der Waals surface area contributed by atoms with Gasteiger partial charge in [-0.3, -0.25) is 9.59 Å². The topological polar surface area (TPSA) is 34.1 Å². The van der Waals surface area contributed by atoms with E-state index in [1.165, 1.54) is 5.56 Å². The zero-order valence-corrected chi connectivity index (χ0v) is 14.2. The summed E-state index contributed by atoms with van der Waals surface area (Å²) in [5, 5.41) is 0. The molecule has 2 atom stereocenters. The van der Waals surface area contributed by atoms with Gasteiger partial charge in [0.1, 0.15) is 5.92 Å². The molecule has 2 aromatic rings. The lowest BCUT2D eigenvalue weighted by Gasteiger charge is -2.27. The molecule has 2 aliphatic carbocycles. The van der Waals surface area contributed by atoms with Gasteiger partial charge >= 0.3 is 0 Å². The van der Waals surface area contributed by atoms with Gasteiger partial charge in [-0.15, -0.1) is 0 Å². The van der Waals surface area contributed by atoms with Crippen LogP contribution in [0.2, 0.25) is 0 Å². The largest absolute Gasteiger partial charge is 0.298 e. The summed E-state index contributed by atoms with van der Waals surface area (Å²) in [6.07, 6.45) is 2.56. The molecule has 0 heterocycles. The van der Waals surface area contributed by atoms with E-state index in [1.54, 1.807) is 0 Å². The number of ketones is 2. The molecule has 24 heavy (non-hydrogen) atoms. The van der Waals surface area contributed by atoms with E-state index in [2.05, 4.69) is 37.3 Å². The number of carbonyl (C=O) groups is 2. The van der Waals surface area contributed by atoms with Crippen LogP contribution in [0.1, 0.15) is 41.9 Å². The van der Waals surface area contributed by atoms with Crippen molar-refractivity contribution in [2.24, 2.45) is 11.8 Å². The normalized spacial score (nSPS) is 26.0. The van der Waals surface area contributed by atoms with Crippen LogP contribution in [0.5, 0.6) is 0 Å². The highest BCUT2D eigenvalue weighted by Gasteiger charge is 2.47. The smallest absolute Gasteiger partial charge is 0.150 e. The number of benzene rings is 2. The lowest BCUT2D eigenvalue weighted by molar-refractivity contribution is -0.135. The van der Waals surface area contributed by atoms with Crippen molar-refractivity contribution in [3.8, 4) is 11.1 Å². The average molecular weight is 318 g/mol. The van der Waals surface area contributed by atoms with Crippen LogP contribution in [0.15, 0.2) is 42.5 Å². The zero-order chi connectivity index (χ0) is 16.8. The van der Waals surface area contributed by atoms with Crippen LogP contribution in [0.4, 0.5) is 0 Å². The number of hydrogen-bond donors (Lipinski definition) is 0. The molecule has 2 aliphatic rings. The van der Waals surface area contributed by atoms with E-state index >= 15 is 0 Å². The maximum Gasteiger partial charge on any atom is 0.150 e. The van der Waals surface area contributed by atoms with Crippen LogP contribution in [0, 0.1) is 25.7 Å². The molecule has 2 nitrogen and oxygen atoms in total. The lowest BCUT2D eigenvalue weighted by atomic mass is 9.74. The molecule has 122 valence electrons. The molecule has 4 rings (SSSR count). The number of Topliss-reactive ketones (excluding diaryl/α,β-unsaturated/α-hetero) is 2. The van der Waals surface area contributed by atoms with Gasteiger partial charge in [0.15, 0.2) is 11.6 Å². The van der Waals surface area contributed by atoms with Crippen LogP contribution in [-0.2, 0) is 9.59 Å². The summed E-state index contributed by atoms with van der Waals surface area (Å²) in [6.45, 7) is 4.08. The van der Waals surface area contributed by atoms with Gasteiger partial charge in [0, 0.05) is 11.8 Å². The fourth-order valence-electron chi connectivity index (χ4n) is 4.37. The zero-order valence-electron chi connectivity index (χ0n) is 14.2. The minimum absolute atomic E-state index is 0.0970. The minimum Gasteiger partial charge on any atom is -0.298 e. The van der Waals surface area contributed by atoms with Gasteiger partial charge < -0.3 is 0 Å². The first kappa shape index (κ1) is 15.3. The Hall–Kier alpha value is -2.22. The van der Waals surface area contributed by atoms with Crippen molar-refractivity contribution in [2.75, 3.05) is 0 Å². The molecule has 2 heteroatoms. The fraction of sp³-hybridized carbons (Fsp3) is 0.364. The van der Waals surface area contributed by atoms with E-state index in [4.69, 9.17) is 0 Å². The highest BCUT2D eigenvalue weighted by atomic mass is 16.2. The van der Waals surface area contributed by atoms with Crippen molar-refractivity contribution >= 4 is 11.6 Å². The van der Waals surface area contributed by atoms with Crippen LogP contribution >= 0.6 is 0 Å². The van der Waals surface area contributed by atoms with E-state index in [0.717, 1.165) is 41.5 Å². The summed E-state index contributed by atoms with van der Waals surface area (Å²) in [6, 6.07) is 14.5. The molecule has 0 aromatic heterocycles. The van der Waals surface area contributed by atoms with Crippen molar-refractivity contribution in [3.05, 3.63) is 59.2 Å². The minimum atomic E-state index is -0.541. The first-order valence-electron chi connectivity index (χ1n) is 8.79. The Balaban J connectivity index is 1.79. The molecule has 2 fully saturated rings. The van der Waals surface area contributed by atoms with Gasteiger partial charge in [-0.2, -0.15) is 0 Å². The molecule has 2 unspecified atom stereocenters. The maximum atomic E-state index is 12.8. The summed E-state index contributed by atoms with van der Waals surface area (Å²) in [4.78, 5) is 25.7. The third-order valence-corrected chi connectivity index (χ3v) is 5.75.